The molecule has 2 aliphatic rings. The summed E-state index contributed by atoms with van der Waals surface area (Å²) in [6, 6.07) is 7.31. The molecule has 1 aliphatic carbocycles. The maximum Gasteiger partial charge on any atom is 0.271 e. The molecular weight excluding hydrogens is 378 g/mol. The Kier molecular flexibility index (Phi) is 6.57. The summed E-state index contributed by atoms with van der Waals surface area (Å²) >= 11 is 0. The Morgan fingerprint density at radius 2 is 2.13 bits per heavy atom. The van der Waals surface area contributed by atoms with E-state index >= 15 is 0 Å². The molecule has 4 rings (SSSR count). The van der Waals surface area contributed by atoms with E-state index in [4.69, 9.17) is 0 Å². The number of rotatable bonds is 6. The minimum Gasteiger partial charge on any atom is -0.355 e. The Labute approximate surface area is 177 Å². The summed E-state index contributed by atoms with van der Waals surface area (Å²) in [5.41, 5.74) is 3.25. The number of carbonyl (C=O) groups excluding carboxylic acids is 2. The minimum atomic E-state index is -0.152. The van der Waals surface area contributed by atoms with Gasteiger partial charge in [-0.25, -0.2) is 0 Å². The molecule has 0 radical (unpaired) electrons. The highest BCUT2D eigenvalue weighted by atomic mass is 16.2. The molecule has 1 saturated heterocycles. The van der Waals surface area contributed by atoms with Gasteiger partial charge in [-0.15, -0.1) is 0 Å². The first kappa shape index (κ1) is 20.3. The summed E-state index contributed by atoms with van der Waals surface area (Å²) in [6.07, 6.45) is 11.5. The number of likely N-dealkylation sites (tertiary alicyclic amines) is 1. The molecule has 158 valence electrons. The van der Waals surface area contributed by atoms with E-state index < -0.39 is 0 Å². The lowest BCUT2D eigenvalue weighted by Crippen LogP contribution is -2.45. The maximum atomic E-state index is 12.9. The van der Waals surface area contributed by atoms with Gasteiger partial charge in [-0.3, -0.25) is 19.7 Å². The summed E-state index contributed by atoms with van der Waals surface area (Å²) < 4.78 is 0. The Morgan fingerprint density at radius 1 is 1.20 bits per heavy atom. The van der Waals surface area contributed by atoms with Crippen LogP contribution in [0.4, 0.5) is 0 Å². The van der Waals surface area contributed by atoms with Crippen molar-refractivity contribution in [1.29, 1.82) is 0 Å². The number of H-pyrrole nitrogens is 1. The Bertz CT molecular complexity index is 905. The SMILES string of the molecule is O=C(NCCC1=CCCCC1)[C@H]1CCCN(C(=O)c2cc(-c3ccccn3)n[nH]2)C1. The van der Waals surface area contributed by atoms with E-state index in [9.17, 15) is 9.59 Å². The van der Waals surface area contributed by atoms with Crippen LogP contribution in [-0.4, -0.2) is 51.5 Å². The number of amides is 2. The van der Waals surface area contributed by atoms with E-state index in [-0.39, 0.29) is 17.7 Å². The van der Waals surface area contributed by atoms with Crippen molar-refractivity contribution in [3.8, 4) is 11.4 Å². The van der Waals surface area contributed by atoms with Crippen molar-refractivity contribution in [1.82, 2.24) is 25.4 Å². The zero-order valence-electron chi connectivity index (χ0n) is 17.3. The van der Waals surface area contributed by atoms with Crippen LogP contribution in [0.5, 0.6) is 0 Å². The van der Waals surface area contributed by atoms with E-state index in [0.29, 0.717) is 31.0 Å². The molecule has 0 spiro atoms. The first-order valence-corrected chi connectivity index (χ1v) is 10.9. The van der Waals surface area contributed by atoms with Crippen LogP contribution in [0.25, 0.3) is 11.4 Å². The van der Waals surface area contributed by atoms with Crippen molar-refractivity contribution < 1.29 is 9.59 Å². The molecule has 0 unspecified atom stereocenters. The Morgan fingerprint density at radius 3 is 2.93 bits per heavy atom. The normalized spacial score (nSPS) is 19.3. The highest BCUT2D eigenvalue weighted by molar-refractivity contribution is 5.93. The summed E-state index contributed by atoms with van der Waals surface area (Å²) in [5.74, 6) is -0.210. The van der Waals surface area contributed by atoms with Crippen molar-refractivity contribution in [2.75, 3.05) is 19.6 Å². The van der Waals surface area contributed by atoms with Gasteiger partial charge in [0.15, 0.2) is 0 Å². The third kappa shape index (κ3) is 4.96. The second-order valence-corrected chi connectivity index (χ2v) is 8.12. The molecule has 2 N–H and O–H groups in total. The molecule has 3 heterocycles. The van der Waals surface area contributed by atoms with Crippen LogP contribution in [0.15, 0.2) is 42.1 Å². The van der Waals surface area contributed by atoms with Crippen molar-refractivity contribution in [2.24, 2.45) is 5.92 Å². The number of pyridine rings is 1. The van der Waals surface area contributed by atoms with Crippen LogP contribution in [0, 0.1) is 5.92 Å². The number of nitrogens with zero attached hydrogens (tertiary/aromatic N) is 3. The van der Waals surface area contributed by atoms with Gasteiger partial charge in [-0.1, -0.05) is 17.7 Å². The molecule has 2 amide bonds. The molecule has 30 heavy (non-hydrogen) atoms. The number of nitrogens with one attached hydrogen (secondary N) is 2. The molecule has 0 bridgehead atoms. The molecule has 7 heteroatoms. The number of allylic oxidation sites excluding steroid dienone is 1. The summed E-state index contributed by atoms with van der Waals surface area (Å²) in [4.78, 5) is 31.6. The fraction of sp³-hybridized carbons (Fsp3) is 0.478. The van der Waals surface area contributed by atoms with Crippen LogP contribution in [0.3, 0.4) is 0 Å². The second kappa shape index (κ2) is 9.69. The quantitative estimate of drug-likeness (QED) is 0.719. The summed E-state index contributed by atoms with van der Waals surface area (Å²) in [5, 5.41) is 10.1. The molecule has 1 fully saturated rings. The van der Waals surface area contributed by atoms with Gasteiger partial charge in [-0.05, 0) is 63.1 Å². The van der Waals surface area contributed by atoms with Crippen LogP contribution in [0.2, 0.25) is 0 Å². The van der Waals surface area contributed by atoms with Crippen molar-refractivity contribution >= 4 is 11.8 Å². The predicted octanol–water partition coefficient (Wildman–Crippen LogP) is 3.33. The zero-order valence-corrected chi connectivity index (χ0v) is 17.3. The van der Waals surface area contributed by atoms with Crippen molar-refractivity contribution in [2.45, 2.75) is 44.9 Å². The lowest BCUT2D eigenvalue weighted by atomic mass is 9.95. The topological polar surface area (TPSA) is 91.0 Å². The lowest BCUT2D eigenvalue weighted by molar-refractivity contribution is -0.126. The third-order valence-electron chi connectivity index (χ3n) is 5.95. The molecule has 2 aromatic heterocycles. The predicted molar refractivity (Wildman–Crippen MR) is 115 cm³/mol. The van der Waals surface area contributed by atoms with Gasteiger partial charge in [0.25, 0.3) is 5.91 Å². The number of hydrogen-bond acceptors (Lipinski definition) is 4. The first-order chi connectivity index (χ1) is 14.7. The standard InChI is InChI=1S/C23H29N5O2/c29-22(25-13-11-17-7-2-1-3-8-17)18-9-6-14-28(16-18)23(30)21-15-20(26-27-21)19-10-4-5-12-24-19/h4-5,7,10,12,15,18H,1-3,6,8-9,11,13-14,16H2,(H,25,29)(H,26,27)/t18-/m0/s1. The van der Waals surface area contributed by atoms with Gasteiger partial charge in [0.2, 0.25) is 5.91 Å². The summed E-state index contributed by atoms with van der Waals surface area (Å²) in [7, 11) is 0. The highest BCUT2D eigenvalue weighted by Crippen LogP contribution is 2.22. The van der Waals surface area contributed by atoms with Crippen molar-refractivity contribution in [3.05, 3.63) is 47.8 Å². The minimum absolute atomic E-state index is 0.0581. The number of aromatic amines is 1. The van der Waals surface area contributed by atoms with E-state index in [1.165, 1.54) is 24.8 Å². The van der Waals surface area contributed by atoms with Gasteiger partial charge in [0, 0.05) is 25.8 Å². The Hall–Kier alpha value is -2.96. The van der Waals surface area contributed by atoms with Crippen LogP contribution < -0.4 is 5.32 Å². The largest absolute Gasteiger partial charge is 0.355 e. The second-order valence-electron chi connectivity index (χ2n) is 8.12. The Balaban J connectivity index is 1.31. The molecular formula is C23H29N5O2. The zero-order chi connectivity index (χ0) is 20.8. The van der Waals surface area contributed by atoms with E-state index in [2.05, 4.69) is 26.6 Å². The molecule has 1 atom stereocenters. The fourth-order valence-corrected chi connectivity index (χ4v) is 4.25. The number of carbonyl (C=O) groups is 2. The van der Waals surface area contributed by atoms with Crippen LogP contribution in [0.1, 0.15) is 55.4 Å². The average molecular weight is 408 g/mol. The van der Waals surface area contributed by atoms with Gasteiger partial charge in [-0.2, -0.15) is 5.10 Å². The molecule has 2 aromatic rings. The average Bonchev–Trinajstić information content (AvgIpc) is 3.30. The first-order valence-electron chi connectivity index (χ1n) is 10.9. The molecule has 1 aliphatic heterocycles. The van der Waals surface area contributed by atoms with Crippen molar-refractivity contribution in [3.63, 3.8) is 0 Å². The van der Waals surface area contributed by atoms with Gasteiger partial charge >= 0.3 is 0 Å². The molecule has 0 saturated carbocycles. The van der Waals surface area contributed by atoms with Gasteiger partial charge < -0.3 is 10.2 Å². The lowest BCUT2D eigenvalue weighted by Gasteiger charge is -2.31. The maximum absolute atomic E-state index is 12.9. The monoisotopic (exact) mass is 407 g/mol. The fourth-order valence-electron chi connectivity index (χ4n) is 4.25. The van der Waals surface area contributed by atoms with Crippen LogP contribution >= 0.6 is 0 Å². The number of hydrogen-bond donors (Lipinski definition) is 2. The number of piperidine rings is 1. The van der Waals surface area contributed by atoms with Crippen LogP contribution in [-0.2, 0) is 4.79 Å². The van der Waals surface area contributed by atoms with E-state index in [1.54, 1.807) is 17.2 Å². The van der Waals surface area contributed by atoms with E-state index in [0.717, 1.165) is 31.4 Å². The molecule has 0 aromatic carbocycles. The third-order valence-corrected chi connectivity index (χ3v) is 5.95. The smallest absolute Gasteiger partial charge is 0.271 e. The van der Waals surface area contributed by atoms with Gasteiger partial charge in [0.1, 0.15) is 11.4 Å². The molecule has 7 nitrogen and oxygen atoms in total. The van der Waals surface area contributed by atoms with E-state index in [1.807, 2.05) is 18.2 Å². The number of aromatic nitrogens is 3. The highest BCUT2D eigenvalue weighted by Gasteiger charge is 2.29. The summed E-state index contributed by atoms with van der Waals surface area (Å²) in [6.45, 7) is 1.79. The van der Waals surface area contributed by atoms with Gasteiger partial charge in [0.05, 0.1) is 11.6 Å².